The highest BCUT2D eigenvalue weighted by molar-refractivity contribution is 7.92. The van der Waals surface area contributed by atoms with Crippen molar-refractivity contribution in [3.05, 3.63) is 47.4 Å². The summed E-state index contributed by atoms with van der Waals surface area (Å²) in [5.74, 6) is -3.16. The maximum atomic E-state index is 14.0. The summed E-state index contributed by atoms with van der Waals surface area (Å²) < 4.78 is 96.2. The van der Waals surface area contributed by atoms with E-state index in [4.69, 9.17) is 4.74 Å². The van der Waals surface area contributed by atoms with Gasteiger partial charge in [0.1, 0.15) is 11.5 Å². The first kappa shape index (κ1) is 18.9. The molecule has 2 heterocycles. The van der Waals surface area contributed by atoms with Crippen LogP contribution >= 0.6 is 0 Å². The number of rotatable bonds is 3. The number of hydrogen-bond acceptors (Lipinski definition) is 5. The molecule has 28 heavy (non-hydrogen) atoms. The van der Waals surface area contributed by atoms with Crippen LogP contribution in [0.4, 0.5) is 22.0 Å². The number of fused-ring (bicyclic) bond motifs is 2. The van der Waals surface area contributed by atoms with Crippen LogP contribution in [0.1, 0.15) is 11.1 Å². The summed E-state index contributed by atoms with van der Waals surface area (Å²) in [6.45, 7) is 0.529. The van der Waals surface area contributed by atoms with Crippen LogP contribution in [0.5, 0.6) is 5.75 Å². The van der Waals surface area contributed by atoms with Crippen molar-refractivity contribution in [2.45, 2.75) is 35.3 Å². The van der Waals surface area contributed by atoms with E-state index in [1.54, 1.807) is 24.6 Å². The van der Waals surface area contributed by atoms with Gasteiger partial charge in [0.2, 0.25) is 0 Å². The molecule has 0 bridgehead atoms. The Morgan fingerprint density at radius 2 is 1.89 bits per heavy atom. The minimum absolute atomic E-state index is 0.100. The summed E-state index contributed by atoms with van der Waals surface area (Å²) >= 11 is 0. The SMILES string of the molecule is O=S(=O)(c1ccc(OC2=CC=CN3CC=NC23)c2c1CC(F)(F)C2)C(F)(F)F. The lowest BCUT2D eigenvalue weighted by atomic mass is 10.1. The standard InChI is InChI=1S/C17H13F5N2O3S/c18-16(19)8-10-11(9-16)14(28(25,26)17(20,21)22)4-3-12(10)27-13-2-1-6-24-7-5-23-15(13)24/h1-6,15H,7-9H2. The lowest BCUT2D eigenvalue weighted by Gasteiger charge is -2.26. The summed E-state index contributed by atoms with van der Waals surface area (Å²) in [5, 5.41) is 0. The quantitative estimate of drug-likeness (QED) is 0.705. The Bertz CT molecular complexity index is 1030. The Morgan fingerprint density at radius 3 is 2.61 bits per heavy atom. The lowest BCUT2D eigenvalue weighted by molar-refractivity contribution is -0.0437. The molecule has 0 fully saturated rings. The first-order valence-corrected chi connectivity index (χ1v) is 9.65. The van der Waals surface area contributed by atoms with E-state index in [9.17, 15) is 30.4 Å². The molecule has 0 spiro atoms. The molecule has 1 aromatic carbocycles. The summed E-state index contributed by atoms with van der Waals surface area (Å²) in [6.07, 6.45) is 4.15. The van der Waals surface area contributed by atoms with Gasteiger partial charge >= 0.3 is 5.51 Å². The van der Waals surface area contributed by atoms with Crippen LogP contribution in [-0.2, 0) is 22.7 Å². The minimum atomic E-state index is -5.76. The summed E-state index contributed by atoms with van der Waals surface area (Å²) in [6, 6.07) is 1.66. The third kappa shape index (κ3) is 2.97. The Kier molecular flexibility index (Phi) is 4.07. The van der Waals surface area contributed by atoms with Crippen molar-refractivity contribution in [1.82, 2.24) is 4.90 Å². The number of ether oxygens (including phenoxy) is 1. The first-order valence-electron chi connectivity index (χ1n) is 8.17. The molecule has 0 saturated carbocycles. The van der Waals surface area contributed by atoms with Gasteiger partial charge in [0.05, 0.1) is 11.4 Å². The van der Waals surface area contributed by atoms with E-state index in [0.717, 1.165) is 6.07 Å². The summed E-state index contributed by atoms with van der Waals surface area (Å²) in [4.78, 5) is 4.87. The van der Waals surface area contributed by atoms with E-state index in [-0.39, 0.29) is 11.3 Å². The van der Waals surface area contributed by atoms with Crippen LogP contribution in [0.3, 0.4) is 0 Å². The average molecular weight is 420 g/mol. The average Bonchev–Trinajstić information content (AvgIpc) is 3.17. The number of benzene rings is 1. The van der Waals surface area contributed by atoms with Gasteiger partial charge in [0.15, 0.2) is 6.17 Å². The van der Waals surface area contributed by atoms with Crippen molar-refractivity contribution in [1.29, 1.82) is 0 Å². The van der Waals surface area contributed by atoms with Crippen molar-refractivity contribution in [2.24, 2.45) is 4.99 Å². The van der Waals surface area contributed by atoms with Crippen LogP contribution in [0.25, 0.3) is 0 Å². The van der Waals surface area contributed by atoms with E-state index in [1.165, 1.54) is 0 Å². The summed E-state index contributed by atoms with van der Waals surface area (Å²) in [5.41, 5.74) is -6.38. The molecule has 3 aliphatic rings. The van der Waals surface area contributed by atoms with E-state index in [0.29, 0.717) is 18.4 Å². The van der Waals surface area contributed by atoms with Crippen molar-refractivity contribution in [2.75, 3.05) is 6.54 Å². The zero-order valence-electron chi connectivity index (χ0n) is 14.1. The van der Waals surface area contributed by atoms with Crippen LogP contribution in [0, 0.1) is 0 Å². The maximum absolute atomic E-state index is 14.0. The highest BCUT2D eigenvalue weighted by atomic mass is 32.2. The van der Waals surface area contributed by atoms with Gasteiger partial charge < -0.3 is 9.64 Å². The number of sulfone groups is 1. The maximum Gasteiger partial charge on any atom is 0.501 e. The zero-order valence-corrected chi connectivity index (χ0v) is 14.9. The van der Waals surface area contributed by atoms with Crippen molar-refractivity contribution >= 4 is 16.1 Å². The van der Waals surface area contributed by atoms with E-state index < -0.39 is 50.7 Å². The summed E-state index contributed by atoms with van der Waals surface area (Å²) in [7, 11) is -5.76. The Balaban J connectivity index is 1.77. The fourth-order valence-electron chi connectivity index (χ4n) is 3.44. The van der Waals surface area contributed by atoms with E-state index >= 15 is 0 Å². The van der Waals surface area contributed by atoms with Gasteiger partial charge in [-0.25, -0.2) is 17.2 Å². The zero-order chi connectivity index (χ0) is 20.3. The van der Waals surface area contributed by atoms with Gasteiger partial charge in [-0.15, -0.1) is 0 Å². The molecule has 1 aromatic rings. The normalized spacial score (nSPS) is 22.8. The van der Waals surface area contributed by atoms with Gasteiger partial charge in [0, 0.05) is 30.8 Å². The molecule has 150 valence electrons. The lowest BCUT2D eigenvalue weighted by Crippen LogP contribution is -2.30. The fraction of sp³-hybridized carbons (Fsp3) is 0.353. The fourth-order valence-corrected chi connectivity index (χ4v) is 4.46. The third-order valence-corrected chi connectivity index (χ3v) is 6.25. The van der Waals surface area contributed by atoms with E-state index in [2.05, 4.69) is 4.99 Å². The molecule has 1 atom stereocenters. The smallest absolute Gasteiger partial charge is 0.457 e. The van der Waals surface area contributed by atoms with Gasteiger partial charge in [-0.05, 0) is 29.8 Å². The first-order chi connectivity index (χ1) is 13.0. The van der Waals surface area contributed by atoms with Crippen molar-refractivity contribution in [3.63, 3.8) is 0 Å². The second kappa shape index (κ2) is 6.03. The number of alkyl halides is 5. The molecule has 2 aliphatic heterocycles. The van der Waals surface area contributed by atoms with Gasteiger partial charge in [-0.1, -0.05) is 0 Å². The van der Waals surface area contributed by atoms with Crippen LogP contribution in [0.2, 0.25) is 0 Å². The van der Waals surface area contributed by atoms with Crippen LogP contribution < -0.4 is 4.74 Å². The Hall–Kier alpha value is -2.43. The minimum Gasteiger partial charge on any atom is -0.457 e. The molecule has 0 saturated heterocycles. The highest BCUT2D eigenvalue weighted by Gasteiger charge is 2.51. The highest BCUT2D eigenvalue weighted by Crippen LogP contribution is 2.45. The van der Waals surface area contributed by atoms with Gasteiger partial charge in [-0.2, -0.15) is 13.2 Å². The number of halogens is 5. The Labute approximate surface area is 156 Å². The molecule has 1 aliphatic carbocycles. The van der Waals surface area contributed by atoms with Gasteiger partial charge in [0.25, 0.3) is 15.8 Å². The molecule has 0 amide bonds. The number of aliphatic imine (C=N–C) groups is 1. The molecule has 0 aromatic heterocycles. The second-order valence-corrected chi connectivity index (χ2v) is 8.50. The molecule has 1 unspecified atom stereocenters. The molecular weight excluding hydrogens is 407 g/mol. The van der Waals surface area contributed by atoms with Gasteiger partial charge in [-0.3, -0.25) is 4.99 Å². The van der Waals surface area contributed by atoms with E-state index in [1.807, 2.05) is 4.90 Å². The third-order valence-electron chi connectivity index (χ3n) is 4.68. The van der Waals surface area contributed by atoms with Crippen LogP contribution in [0.15, 0.2) is 46.1 Å². The molecule has 0 N–H and O–H groups in total. The molecule has 0 radical (unpaired) electrons. The predicted molar refractivity (Wildman–Crippen MR) is 88.9 cm³/mol. The molecular formula is C17H13F5N2O3S. The Morgan fingerprint density at radius 1 is 1.18 bits per heavy atom. The van der Waals surface area contributed by atoms with Crippen molar-refractivity contribution < 1.29 is 35.1 Å². The molecule has 5 nitrogen and oxygen atoms in total. The second-order valence-electron chi connectivity index (χ2n) is 6.59. The van der Waals surface area contributed by atoms with Crippen molar-refractivity contribution in [3.8, 4) is 5.75 Å². The number of hydrogen-bond donors (Lipinski definition) is 0. The monoisotopic (exact) mass is 420 g/mol. The largest absolute Gasteiger partial charge is 0.501 e. The topological polar surface area (TPSA) is 59.0 Å². The predicted octanol–water partition coefficient (Wildman–Crippen LogP) is 3.22. The molecule has 4 rings (SSSR count). The van der Waals surface area contributed by atoms with Crippen LogP contribution in [-0.4, -0.2) is 43.7 Å². The molecule has 11 heteroatoms. The number of nitrogens with zero attached hydrogens (tertiary/aromatic N) is 2. The number of allylic oxidation sites excluding steroid dienone is 2.